The molecule has 3 rings (SSSR count). The first-order chi connectivity index (χ1) is 16.3. The molecule has 0 saturated carbocycles. The van der Waals surface area contributed by atoms with Gasteiger partial charge in [-0.15, -0.1) is 0 Å². The number of carbonyl (C=O) groups is 3. The predicted molar refractivity (Wildman–Crippen MR) is 132 cm³/mol. The number of ether oxygens (including phenoxy) is 2. The summed E-state index contributed by atoms with van der Waals surface area (Å²) in [4.78, 5) is 35.9. The molecule has 0 atom stereocenters. The molecule has 0 aliphatic carbocycles. The second kappa shape index (κ2) is 12.3. The molecule has 0 radical (unpaired) electrons. The maximum absolute atomic E-state index is 12.1. The summed E-state index contributed by atoms with van der Waals surface area (Å²) in [7, 11) is 0. The zero-order valence-corrected chi connectivity index (χ0v) is 19.9. The van der Waals surface area contributed by atoms with Crippen LogP contribution < -0.4 is 15.4 Å². The van der Waals surface area contributed by atoms with Crippen LogP contribution in [0.15, 0.2) is 66.7 Å². The molecule has 10 heteroatoms. The van der Waals surface area contributed by atoms with Crippen molar-refractivity contribution in [2.45, 2.75) is 12.8 Å². The molecule has 2 N–H and O–H groups in total. The van der Waals surface area contributed by atoms with Crippen molar-refractivity contribution in [3.63, 3.8) is 0 Å². The Bertz CT molecular complexity index is 1190. The zero-order chi connectivity index (χ0) is 24.5. The number of amides is 2. The van der Waals surface area contributed by atoms with Crippen LogP contribution in [0.5, 0.6) is 11.5 Å². The van der Waals surface area contributed by atoms with E-state index in [4.69, 9.17) is 44.3 Å². The van der Waals surface area contributed by atoms with E-state index in [0.717, 1.165) is 0 Å². The Morgan fingerprint density at radius 2 is 1.38 bits per heavy atom. The summed E-state index contributed by atoms with van der Waals surface area (Å²) < 4.78 is 10.6. The fourth-order valence-electron chi connectivity index (χ4n) is 2.69. The van der Waals surface area contributed by atoms with E-state index in [9.17, 15) is 14.4 Å². The van der Waals surface area contributed by atoms with Crippen molar-refractivity contribution in [2.75, 3.05) is 17.2 Å². The van der Waals surface area contributed by atoms with Gasteiger partial charge in [0.2, 0.25) is 5.91 Å². The second-order valence-electron chi connectivity index (χ2n) is 6.94. The Morgan fingerprint density at radius 1 is 0.706 bits per heavy atom. The average molecular weight is 522 g/mol. The number of rotatable bonds is 9. The molecule has 7 nitrogen and oxygen atoms in total. The summed E-state index contributed by atoms with van der Waals surface area (Å²) in [6.45, 7) is -0.492. The van der Waals surface area contributed by atoms with Gasteiger partial charge in [-0.05, 0) is 54.6 Å². The standard InChI is InChI=1S/C24H19Cl3N2O5/c25-18-10-7-16(13-20(18)27)29-23(31)14-33-24(32)12-11-22(30)28-15-5-8-17(9-6-15)34-21-4-2-1-3-19(21)26/h1-10,13H,11-12,14H2,(H,28,30)(H,29,31). The highest BCUT2D eigenvalue weighted by Gasteiger charge is 2.12. The second-order valence-corrected chi connectivity index (χ2v) is 8.16. The number of hydrogen-bond acceptors (Lipinski definition) is 5. The van der Waals surface area contributed by atoms with Crippen molar-refractivity contribution in [1.29, 1.82) is 0 Å². The number of halogens is 3. The molecule has 176 valence electrons. The van der Waals surface area contributed by atoms with Crippen molar-refractivity contribution in [1.82, 2.24) is 0 Å². The highest BCUT2D eigenvalue weighted by molar-refractivity contribution is 6.42. The van der Waals surface area contributed by atoms with Crippen LogP contribution in [-0.2, 0) is 19.1 Å². The summed E-state index contributed by atoms with van der Waals surface area (Å²) >= 11 is 17.8. The maximum atomic E-state index is 12.1. The Kier molecular flexibility index (Phi) is 9.16. The van der Waals surface area contributed by atoms with Crippen LogP contribution in [0.2, 0.25) is 15.1 Å². The van der Waals surface area contributed by atoms with Gasteiger partial charge in [0.1, 0.15) is 11.5 Å². The topological polar surface area (TPSA) is 93.7 Å². The van der Waals surface area contributed by atoms with Gasteiger partial charge in [-0.1, -0.05) is 46.9 Å². The lowest BCUT2D eigenvalue weighted by molar-refractivity contribution is -0.147. The lowest BCUT2D eigenvalue weighted by atomic mass is 10.2. The molecule has 0 aliphatic heterocycles. The predicted octanol–water partition coefficient (Wildman–Crippen LogP) is 6.34. The van der Waals surface area contributed by atoms with Crippen LogP contribution in [0.1, 0.15) is 12.8 Å². The Labute approximate surface area is 210 Å². The van der Waals surface area contributed by atoms with E-state index in [1.807, 2.05) is 6.07 Å². The molecule has 0 bridgehead atoms. The van der Waals surface area contributed by atoms with Gasteiger partial charge < -0.3 is 20.1 Å². The van der Waals surface area contributed by atoms with Crippen molar-refractivity contribution in [3.05, 3.63) is 81.8 Å². The summed E-state index contributed by atoms with van der Waals surface area (Å²) in [5.74, 6) is -0.533. The number of esters is 1. The molecule has 0 aliphatic rings. The maximum Gasteiger partial charge on any atom is 0.306 e. The van der Waals surface area contributed by atoms with Gasteiger partial charge >= 0.3 is 5.97 Å². The van der Waals surface area contributed by atoms with Crippen LogP contribution >= 0.6 is 34.8 Å². The van der Waals surface area contributed by atoms with Gasteiger partial charge in [0.15, 0.2) is 6.61 Å². The third kappa shape index (κ3) is 7.95. The van der Waals surface area contributed by atoms with E-state index in [0.29, 0.717) is 32.9 Å². The number of hydrogen-bond donors (Lipinski definition) is 2. The smallest absolute Gasteiger partial charge is 0.306 e. The largest absolute Gasteiger partial charge is 0.456 e. The molecule has 0 fully saturated rings. The van der Waals surface area contributed by atoms with Crippen LogP contribution in [0.4, 0.5) is 11.4 Å². The molecule has 0 saturated heterocycles. The highest BCUT2D eigenvalue weighted by Crippen LogP contribution is 2.29. The Morgan fingerprint density at radius 3 is 2.09 bits per heavy atom. The van der Waals surface area contributed by atoms with Crippen LogP contribution in [0, 0.1) is 0 Å². The van der Waals surface area contributed by atoms with Crippen LogP contribution in [-0.4, -0.2) is 24.4 Å². The number of anilines is 2. The molecule has 0 aromatic heterocycles. The summed E-state index contributed by atoms with van der Waals surface area (Å²) in [6, 6.07) is 18.3. The third-order valence-corrected chi connectivity index (χ3v) is 5.38. The van der Waals surface area contributed by atoms with Crippen molar-refractivity contribution in [3.8, 4) is 11.5 Å². The number of benzene rings is 3. The van der Waals surface area contributed by atoms with E-state index >= 15 is 0 Å². The monoisotopic (exact) mass is 520 g/mol. The van der Waals surface area contributed by atoms with Gasteiger partial charge in [0.05, 0.1) is 21.5 Å². The first-order valence-electron chi connectivity index (χ1n) is 10.0. The lowest BCUT2D eigenvalue weighted by Gasteiger charge is -2.09. The van der Waals surface area contributed by atoms with Gasteiger partial charge in [-0.25, -0.2) is 0 Å². The first kappa shape index (κ1) is 25.4. The number of para-hydroxylation sites is 1. The van der Waals surface area contributed by atoms with Gasteiger partial charge in [-0.3, -0.25) is 14.4 Å². The molecule has 2 amide bonds. The number of nitrogens with one attached hydrogen (secondary N) is 2. The van der Waals surface area contributed by atoms with Crippen molar-refractivity contribution >= 4 is 64.0 Å². The normalized spacial score (nSPS) is 10.3. The summed E-state index contributed by atoms with van der Waals surface area (Å²) in [5, 5.41) is 6.33. The molecule has 3 aromatic rings. The van der Waals surface area contributed by atoms with Gasteiger partial charge in [0, 0.05) is 17.8 Å². The SMILES string of the molecule is O=C(CCC(=O)OCC(=O)Nc1ccc(Cl)c(Cl)c1)Nc1ccc(Oc2ccccc2Cl)cc1. The van der Waals surface area contributed by atoms with E-state index < -0.39 is 18.5 Å². The third-order valence-electron chi connectivity index (χ3n) is 4.33. The fourth-order valence-corrected chi connectivity index (χ4v) is 3.16. The lowest BCUT2D eigenvalue weighted by Crippen LogP contribution is -2.21. The van der Waals surface area contributed by atoms with E-state index in [1.54, 1.807) is 48.5 Å². The van der Waals surface area contributed by atoms with Gasteiger partial charge in [-0.2, -0.15) is 0 Å². The van der Waals surface area contributed by atoms with E-state index in [-0.39, 0.29) is 23.8 Å². The van der Waals surface area contributed by atoms with Crippen molar-refractivity contribution in [2.24, 2.45) is 0 Å². The minimum atomic E-state index is -0.678. The molecule has 3 aromatic carbocycles. The minimum absolute atomic E-state index is 0.106. The molecule has 0 unspecified atom stereocenters. The molecule has 0 spiro atoms. The highest BCUT2D eigenvalue weighted by atomic mass is 35.5. The number of carbonyl (C=O) groups excluding carboxylic acids is 3. The molecular weight excluding hydrogens is 503 g/mol. The fraction of sp³-hybridized carbons (Fsp3) is 0.125. The Hall–Kier alpha value is -3.26. The molecule has 34 heavy (non-hydrogen) atoms. The van der Waals surface area contributed by atoms with Crippen LogP contribution in [0.3, 0.4) is 0 Å². The molecule has 0 heterocycles. The molecular formula is C24H19Cl3N2O5. The first-order valence-corrected chi connectivity index (χ1v) is 11.2. The summed E-state index contributed by atoms with van der Waals surface area (Å²) in [5.41, 5.74) is 0.948. The van der Waals surface area contributed by atoms with Gasteiger partial charge in [0.25, 0.3) is 5.91 Å². The van der Waals surface area contributed by atoms with E-state index in [2.05, 4.69) is 10.6 Å². The Balaban J connectivity index is 1.37. The minimum Gasteiger partial charge on any atom is -0.456 e. The average Bonchev–Trinajstić information content (AvgIpc) is 2.81. The zero-order valence-electron chi connectivity index (χ0n) is 17.6. The van der Waals surface area contributed by atoms with E-state index in [1.165, 1.54) is 12.1 Å². The van der Waals surface area contributed by atoms with Crippen LogP contribution in [0.25, 0.3) is 0 Å². The quantitative estimate of drug-likeness (QED) is 0.321. The van der Waals surface area contributed by atoms with Crippen molar-refractivity contribution < 1.29 is 23.9 Å². The summed E-state index contributed by atoms with van der Waals surface area (Å²) in [6.07, 6.45) is -0.287.